The topological polar surface area (TPSA) is 25.8 Å². The highest BCUT2D eigenvalue weighted by atomic mass is 35.5. The van der Waals surface area contributed by atoms with E-state index < -0.39 is 12.0 Å². The number of aromatic nitrogens is 2. The van der Waals surface area contributed by atoms with E-state index in [1.54, 1.807) is 12.1 Å². The molecule has 2 rings (SSSR count). The summed E-state index contributed by atoms with van der Waals surface area (Å²) in [5.74, 6) is -1.21. The Morgan fingerprint density at radius 3 is 2.50 bits per heavy atom. The maximum atomic E-state index is 12.4. The molecule has 1 aromatic carbocycles. The Hall–Kier alpha value is -1.36. The molecule has 16 heavy (non-hydrogen) atoms. The van der Waals surface area contributed by atoms with Crippen molar-refractivity contribution in [2.24, 2.45) is 0 Å². The second-order valence-electron chi connectivity index (χ2n) is 3.36. The number of halogens is 4. The van der Waals surface area contributed by atoms with Crippen LogP contribution in [0.2, 0.25) is 5.15 Å². The quantitative estimate of drug-likeness (QED) is 0.664. The number of aryl methyl sites for hydroxylation is 1. The van der Waals surface area contributed by atoms with Gasteiger partial charge >= 0.3 is 6.18 Å². The van der Waals surface area contributed by atoms with E-state index in [9.17, 15) is 13.2 Å². The fraction of sp³-hybridized carbons (Fsp3) is 0.200. The highest BCUT2D eigenvalue weighted by Gasteiger charge is 2.35. The van der Waals surface area contributed by atoms with Crippen molar-refractivity contribution in [1.82, 2.24) is 9.97 Å². The average molecular weight is 247 g/mol. The Morgan fingerprint density at radius 2 is 1.88 bits per heavy atom. The Balaban J connectivity index is 2.74. The van der Waals surface area contributed by atoms with E-state index in [4.69, 9.17) is 11.6 Å². The fourth-order valence-electron chi connectivity index (χ4n) is 1.33. The van der Waals surface area contributed by atoms with Crippen LogP contribution in [0, 0.1) is 6.92 Å². The molecular weight excluding hydrogens is 241 g/mol. The van der Waals surface area contributed by atoms with Crippen molar-refractivity contribution in [3.63, 3.8) is 0 Å². The summed E-state index contributed by atoms with van der Waals surface area (Å²) in [5.41, 5.74) is 1.08. The Morgan fingerprint density at radius 1 is 1.19 bits per heavy atom. The normalized spacial score (nSPS) is 12.1. The van der Waals surface area contributed by atoms with Gasteiger partial charge in [-0.3, -0.25) is 0 Å². The molecule has 0 aliphatic carbocycles. The summed E-state index contributed by atoms with van der Waals surface area (Å²) in [6.45, 7) is 1.81. The van der Waals surface area contributed by atoms with Crippen molar-refractivity contribution in [3.05, 3.63) is 34.7 Å². The smallest absolute Gasteiger partial charge is 0.224 e. The highest BCUT2D eigenvalue weighted by molar-refractivity contribution is 6.34. The summed E-state index contributed by atoms with van der Waals surface area (Å²) in [5, 5.41) is 0.246. The van der Waals surface area contributed by atoms with Crippen LogP contribution < -0.4 is 0 Å². The van der Waals surface area contributed by atoms with Crippen LogP contribution in [0.25, 0.3) is 10.9 Å². The molecule has 0 amide bonds. The van der Waals surface area contributed by atoms with E-state index in [-0.39, 0.29) is 10.7 Å². The van der Waals surface area contributed by atoms with E-state index in [2.05, 4.69) is 9.97 Å². The fourth-order valence-corrected chi connectivity index (χ4v) is 1.56. The minimum absolute atomic E-state index is 0.180. The average Bonchev–Trinajstić information content (AvgIpc) is 2.17. The zero-order valence-corrected chi connectivity index (χ0v) is 8.89. The first-order valence-corrected chi connectivity index (χ1v) is 4.77. The van der Waals surface area contributed by atoms with Gasteiger partial charge in [0.25, 0.3) is 0 Å². The molecule has 0 saturated carbocycles. The van der Waals surface area contributed by atoms with Gasteiger partial charge in [-0.05, 0) is 19.1 Å². The van der Waals surface area contributed by atoms with Crippen molar-refractivity contribution in [3.8, 4) is 0 Å². The summed E-state index contributed by atoms with van der Waals surface area (Å²) >= 11 is 5.69. The van der Waals surface area contributed by atoms with Gasteiger partial charge in [-0.25, -0.2) is 9.97 Å². The second kappa shape index (κ2) is 3.59. The molecule has 2 nitrogen and oxygen atoms in total. The van der Waals surface area contributed by atoms with Gasteiger partial charge < -0.3 is 0 Å². The molecule has 0 N–H and O–H groups in total. The lowest BCUT2D eigenvalue weighted by Gasteiger charge is -2.07. The van der Waals surface area contributed by atoms with Crippen molar-refractivity contribution in [2.75, 3.05) is 0 Å². The minimum atomic E-state index is -4.58. The third kappa shape index (κ3) is 1.95. The SMILES string of the molecule is Cc1ccc2nc(C(F)(F)F)nc(Cl)c2c1. The number of rotatable bonds is 0. The van der Waals surface area contributed by atoms with Crippen LogP contribution in [-0.2, 0) is 6.18 Å². The van der Waals surface area contributed by atoms with Gasteiger partial charge in [-0.15, -0.1) is 0 Å². The first kappa shape index (κ1) is 11.1. The van der Waals surface area contributed by atoms with Gasteiger partial charge in [-0.1, -0.05) is 23.2 Å². The monoisotopic (exact) mass is 246 g/mol. The summed E-state index contributed by atoms with van der Waals surface area (Å²) in [6.07, 6.45) is -4.58. The standard InChI is InChI=1S/C10H6ClF3N2/c1-5-2-3-7-6(4-5)8(11)16-9(15-7)10(12,13)14/h2-4H,1H3. The summed E-state index contributed by atoms with van der Waals surface area (Å²) < 4.78 is 37.2. The van der Waals surface area contributed by atoms with Gasteiger partial charge in [0.2, 0.25) is 5.82 Å². The van der Waals surface area contributed by atoms with Gasteiger partial charge in [-0.2, -0.15) is 13.2 Å². The third-order valence-corrected chi connectivity index (χ3v) is 2.35. The zero-order chi connectivity index (χ0) is 11.9. The molecule has 1 heterocycles. The number of alkyl halides is 3. The molecule has 2 aromatic rings. The molecule has 0 radical (unpaired) electrons. The number of hydrogen-bond donors (Lipinski definition) is 0. The predicted octanol–water partition coefficient (Wildman–Crippen LogP) is 3.61. The van der Waals surface area contributed by atoms with Crippen LogP contribution >= 0.6 is 11.6 Å². The molecule has 0 atom stereocenters. The minimum Gasteiger partial charge on any atom is -0.224 e. The summed E-state index contributed by atoms with van der Waals surface area (Å²) in [4.78, 5) is 6.67. The van der Waals surface area contributed by atoms with E-state index in [1.165, 1.54) is 6.07 Å². The van der Waals surface area contributed by atoms with Crippen LogP contribution in [0.15, 0.2) is 18.2 Å². The Kier molecular flexibility index (Phi) is 2.50. The molecular formula is C10H6ClF3N2. The van der Waals surface area contributed by atoms with Crippen LogP contribution in [0.1, 0.15) is 11.4 Å². The second-order valence-corrected chi connectivity index (χ2v) is 3.71. The molecule has 0 spiro atoms. The number of nitrogens with zero attached hydrogens (tertiary/aromatic N) is 2. The number of fused-ring (bicyclic) bond motifs is 1. The Labute approximate surface area is 94.1 Å². The van der Waals surface area contributed by atoms with Crippen LogP contribution in [0.5, 0.6) is 0 Å². The summed E-state index contributed by atoms with van der Waals surface area (Å²) in [7, 11) is 0. The highest BCUT2D eigenvalue weighted by Crippen LogP contribution is 2.30. The molecule has 6 heteroatoms. The van der Waals surface area contributed by atoms with Gasteiger partial charge in [0.05, 0.1) is 5.52 Å². The molecule has 0 aliphatic heterocycles. The first-order valence-electron chi connectivity index (χ1n) is 4.39. The van der Waals surface area contributed by atoms with Crippen LogP contribution in [0.4, 0.5) is 13.2 Å². The van der Waals surface area contributed by atoms with Gasteiger partial charge in [0.1, 0.15) is 5.15 Å². The van der Waals surface area contributed by atoms with Crippen molar-refractivity contribution in [1.29, 1.82) is 0 Å². The maximum absolute atomic E-state index is 12.4. The molecule has 1 aromatic heterocycles. The largest absolute Gasteiger partial charge is 0.451 e. The van der Waals surface area contributed by atoms with E-state index in [0.29, 0.717) is 5.39 Å². The van der Waals surface area contributed by atoms with E-state index in [1.807, 2.05) is 6.92 Å². The van der Waals surface area contributed by atoms with Crippen molar-refractivity contribution in [2.45, 2.75) is 13.1 Å². The van der Waals surface area contributed by atoms with Crippen LogP contribution in [-0.4, -0.2) is 9.97 Å². The van der Waals surface area contributed by atoms with Crippen LogP contribution in [0.3, 0.4) is 0 Å². The first-order chi connectivity index (χ1) is 7.38. The zero-order valence-electron chi connectivity index (χ0n) is 8.14. The van der Waals surface area contributed by atoms with E-state index >= 15 is 0 Å². The Bertz CT molecular complexity index is 551. The lowest BCUT2D eigenvalue weighted by Crippen LogP contribution is -2.11. The van der Waals surface area contributed by atoms with E-state index in [0.717, 1.165) is 5.56 Å². The molecule has 0 bridgehead atoms. The van der Waals surface area contributed by atoms with Gasteiger partial charge in [0, 0.05) is 5.39 Å². The third-order valence-electron chi connectivity index (χ3n) is 2.06. The molecule has 0 unspecified atom stereocenters. The van der Waals surface area contributed by atoms with Crippen molar-refractivity contribution >= 4 is 22.5 Å². The number of hydrogen-bond acceptors (Lipinski definition) is 2. The molecule has 0 saturated heterocycles. The lowest BCUT2D eigenvalue weighted by molar-refractivity contribution is -0.144. The molecule has 84 valence electrons. The van der Waals surface area contributed by atoms with Crippen molar-refractivity contribution < 1.29 is 13.2 Å². The predicted molar refractivity (Wildman–Crippen MR) is 54.3 cm³/mol. The number of benzene rings is 1. The lowest BCUT2D eigenvalue weighted by atomic mass is 10.2. The molecule has 0 fully saturated rings. The summed E-state index contributed by atoms with van der Waals surface area (Å²) in [6, 6.07) is 4.82. The molecule has 0 aliphatic rings. The van der Waals surface area contributed by atoms with Gasteiger partial charge in [0.15, 0.2) is 0 Å². The maximum Gasteiger partial charge on any atom is 0.451 e.